The number of para-hydroxylation sites is 1. The molecule has 2 nitrogen and oxygen atoms in total. The molecule has 2 heterocycles. The highest BCUT2D eigenvalue weighted by atomic mass is 35.5. The largest absolute Gasteiger partial charge is 0.345 e. The molecule has 84 valence electrons. The molecule has 1 N–H and O–H groups in total. The van der Waals surface area contributed by atoms with Gasteiger partial charge >= 0.3 is 0 Å². The molecule has 0 amide bonds. The summed E-state index contributed by atoms with van der Waals surface area (Å²) in [7, 11) is 2.10. The third kappa shape index (κ3) is 1.23. The Bertz CT molecular complexity index is 557. The van der Waals surface area contributed by atoms with Gasteiger partial charge in [0.25, 0.3) is 0 Å². The number of aromatic nitrogens is 1. The first-order valence-corrected chi connectivity index (χ1v) is 6.04. The molecule has 1 aliphatic rings. The molecule has 3 heteroatoms. The summed E-state index contributed by atoms with van der Waals surface area (Å²) in [6, 6.07) is 6.19. The van der Waals surface area contributed by atoms with Crippen LogP contribution in [0.25, 0.3) is 10.9 Å². The molecule has 0 saturated carbocycles. The number of nitrogens with zero attached hydrogens (tertiary/aromatic N) is 1. The van der Waals surface area contributed by atoms with Crippen LogP contribution in [0.2, 0.25) is 5.02 Å². The van der Waals surface area contributed by atoms with Crippen LogP contribution in [0.5, 0.6) is 0 Å². The fourth-order valence-corrected chi connectivity index (χ4v) is 3.12. The van der Waals surface area contributed by atoms with E-state index in [-0.39, 0.29) is 0 Å². The van der Waals surface area contributed by atoms with Gasteiger partial charge in [-0.1, -0.05) is 30.7 Å². The fourth-order valence-electron chi connectivity index (χ4n) is 2.82. The van der Waals surface area contributed by atoms with Gasteiger partial charge in [0.2, 0.25) is 0 Å². The first kappa shape index (κ1) is 10.2. The Hall–Kier alpha value is -0.990. The van der Waals surface area contributed by atoms with E-state index in [1.54, 1.807) is 0 Å². The first-order chi connectivity index (χ1) is 7.70. The number of aryl methyl sites for hydroxylation is 1. The first-order valence-electron chi connectivity index (χ1n) is 5.66. The molecular weight excluding hydrogens is 220 g/mol. The van der Waals surface area contributed by atoms with E-state index in [0.717, 1.165) is 18.1 Å². The number of fused-ring (bicyclic) bond motifs is 3. The SMILES string of the molecule is CC1CNCc2c1c1cccc(Cl)c1n2C. The molecule has 1 aromatic carbocycles. The maximum atomic E-state index is 6.29. The van der Waals surface area contributed by atoms with Crippen LogP contribution in [-0.4, -0.2) is 11.1 Å². The van der Waals surface area contributed by atoms with Crippen LogP contribution >= 0.6 is 11.6 Å². The van der Waals surface area contributed by atoms with Crippen molar-refractivity contribution in [2.75, 3.05) is 6.54 Å². The van der Waals surface area contributed by atoms with Gasteiger partial charge < -0.3 is 9.88 Å². The highest BCUT2D eigenvalue weighted by Gasteiger charge is 2.23. The number of hydrogen-bond acceptors (Lipinski definition) is 1. The lowest BCUT2D eigenvalue weighted by Gasteiger charge is -2.21. The van der Waals surface area contributed by atoms with Crippen LogP contribution in [-0.2, 0) is 13.6 Å². The summed E-state index contributed by atoms with van der Waals surface area (Å²) >= 11 is 6.29. The topological polar surface area (TPSA) is 17.0 Å². The minimum atomic E-state index is 0.561. The molecule has 1 aromatic heterocycles. The van der Waals surface area contributed by atoms with Crippen molar-refractivity contribution >= 4 is 22.5 Å². The van der Waals surface area contributed by atoms with E-state index in [2.05, 4.69) is 29.9 Å². The lowest BCUT2D eigenvalue weighted by Crippen LogP contribution is -2.27. The molecule has 0 fully saturated rings. The number of rotatable bonds is 0. The number of nitrogens with one attached hydrogen (secondary N) is 1. The van der Waals surface area contributed by atoms with E-state index in [4.69, 9.17) is 11.6 Å². The summed E-state index contributed by atoms with van der Waals surface area (Å²) in [6.45, 7) is 4.27. The van der Waals surface area contributed by atoms with Gasteiger partial charge in [0.1, 0.15) is 0 Å². The smallest absolute Gasteiger partial charge is 0.0672 e. The van der Waals surface area contributed by atoms with Crippen LogP contribution in [0.4, 0.5) is 0 Å². The zero-order chi connectivity index (χ0) is 11.3. The lowest BCUT2D eigenvalue weighted by molar-refractivity contribution is 0.553. The summed E-state index contributed by atoms with van der Waals surface area (Å²) in [4.78, 5) is 0. The van der Waals surface area contributed by atoms with E-state index in [1.807, 2.05) is 12.1 Å². The highest BCUT2D eigenvalue weighted by molar-refractivity contribution is 6.35. The second-order valence-corrected chi connectivity index (χ2v) is 4.99. The molecule has 0 saturated heterocycles. The maximum Gasteiger partial charge on any atom is 0.0672 e. The van der Waals surface area contributed by atoms with Crippen molar-refractivity contribution in [1.29, 1.82) is 0 Å². The molecule has 1 aliphatic heterocycles. The number of halogens is 1. The van der Waals surface area contributed by atoms with Gasteiger partial charge in [0.15, 0.2) is 0 Å². The monoisotopic (exact) mass is 234 g/mol. The Labute approximate surface area is 100 Å². The molecule has 0 spiro atoms. The van der Waals surface area contributed by atoms with E-state index >= 15 is 0 Å². The minimum Gasteiger partial charge on any atom is -0.345 e. The van der Waals surface area contributed by atoms with Crippen LogP contribution in [0.1, 0.15) is 24.1 Å². The van der Waals surface area contributed by atoms with Gasteiger partial charge in [-0.25, -0.2) is 0 Å². The van der Waals surface area contributed by atoms with Crippen molar-refractivity contribution in [3.05, 3.63) is 34.5 Å². The van der Waals surface area contributed by atoms with Gasteiger partial charge in [-0.2, -0.15) is 0 Å². The molecule has 0 radical (unpaired) electrons. The summed E-state index contributed by atoms with van der Waals surface area (Å²) in [5, 5.41) is 5.62. The van der Waals surface area contributed by atoms with Gasteiger partial charge in [-0.05, 0) is 17.5 Å². The third-order valence-corrected chi connectivity index (χ3v) is 3.87. The van der Waals surface area contributed by atoms with Gasteiger partial charge in [-0.3, -0.25) is 0 Å². The number of hydrogen-bond donors (Lipinski definition) is 1. The van der Waals surface area contributed by atoms with Crippen molar-refractivity contribution in [2.45, 2.75) is 19.4 Å². The zero-order valence-corrected chi connectivity index (χ0v) is 10.3. The van der Waals surface area contributed by atoms with Crippen molar-refractivity contribution in [3.63, 3.8) is 0 Å². The Kier molecular flexibility index (Phi) is 2.23. The van der Waals surface area contributed by atoms with Crippen LogP contribution in [0.3, 0.4) is 0 Å². The molecule has 1 atom stereocenters. The van der Waals surface area contributed by atoms with Gasteiger partial charge in [0.05, 0.1) is 10.5 Å². The standard InChI is InChI=1S/C13H15ClN2/c1-8-6-15-7-11-12(8)9-4-3-5-10(14)13(9)16(11)2/h3-5,8,15H,6-7H2,1-2H3. The number of benzene rings is 1. The molecular formula is C13H15ClN2. The predicted octanol–water partition coefficient (Wildman–Crippen LogP) is 3.04. The van der Waals surface area contributed by atoms with Gasteiger partial charge in [0, 0.05) is 31.2 Å². The minimum absolute atomic E-state index is 0.561. The molecule has 1 unspecified atom stereocenters. The van der Waals surface area contributed by atoms with E-state index < -0.39 is 0 Å². The molecule has 3 rings (SSSR count). The van der Waals surface area contributed by atoms with E-state index in [9.17, 15) is 0 Å². The summed E-state index contributed by atoms with van der Waals surface area (Å²) in [5.41, 5.74) is 4.02. The lowest BCUT2D eigenvalue weighted by atomic mass is 9.95. The fraction of sp³-hybridized carbons (Fsp3) is 0.385. The van der Waals surface area contributed by atoms with Crippen LogP contribution in [0, 0.1) is 0 Å². The van der Waals surface area contributed by atoms with Crippen molar-refractivity contribution in [1.82, 2.24) is 9.88 Å². The summed E-state index contributed by atoms with van der Waals surface area (Å²) < 4.78 is 2.23. The molecule has 0 aliphatic carbocycles. The highest BCUT2D eigenvalue weighted by Crippen LogP contribution is 2.36. The molecule has 16 heavy (non-hydrogen) atoms. The Morgan fingerprint density at radius 2 is 2.25 bits per heavy atom. The average Bonchev–Trinajstić information content (AvgIpc) is 2.56. The quantitative estimate of drug-likeness (QED) is 0.742. The Morgan fingerprint density at radius 3 is 3.06 bits per heavy atom. The van der Waals surface area contributed by atoms with Crippen molar-refractivity contribution in [2.24, 2.45) is 7.05 Å². The molecule has 2 aromatic rings. The van der Waals surface area contributed by atoms with Gasteiger partial charge in [-0.15, -0.1) is 0 Å². The van der Waals surface area contributed by atoms with Crippen molar-refractivity contribution < 1.29 is 0 Å². The van der Waals surface area contributed by atoms with Crippen LogP contribution < -0.4 is 5.32 Å². The van der Waals surface area contributed by atoms with Crippen LogP contribution in [0.15, 0.2) is 18.2 Å². The third-order valence-electron chi connectivity index (χ3n) is 3.56. The summed E-state index contributed by atoms with van der Waals surface area (Å²) in [5.74, 6) is 0.561. The zero-order valence-electron chi connectivity index (χ0n) is 9.55. The molecule has 0 bridgehead atoms. The van der Waals surface area contributed by atoms with E-state index in [1.165, 1.54) is 22.2 Å². The Balaban J connectivity index is 2.44. The average molecular weight is 235 g/mol. The van der Waals surface area contributed by atoms with E-state index in [0.29, 0.717) is 5.92 Å². The summed E-state index contributed by atoms with van der Waals surface area (Å²) in [6.07, 6.45) is 0. The van der Waals surface area contributed by atoms with Crippen molar-refractivity contribution in [3.8, 4) is 0 Å². The Morgan fingerprint density at radius 1 is 1.44 bits per heavy atom. The predicted molar refractivity (Wildman–Crippen MR) is 68.1 cm³/mol. The second-order valence-electron chi connectivity index (χ2n) is 4.59. The normalized spacial score (nSPS) is 20.1. The maximum absolute atomic E-state index is 6.29. The second kappa shape index (κ2) is 3.51.